The Labute approximate surface area is 124 Å². The molecule has 5 nitrogen and oxygen atoms in total. The molecule has 1 aromatic carbocycles. The molecule has 0 aromatic heterocycles. The second-order valence-corrected chi connectivity index (χ2v) is 4.91. The lowest BCUT2D eigenvalue weighted by Crippen LogP contribution is -2.43. The van der Waals surface area contributed by atoms with Gasteiger partial charge < -0.3 is 15.2 Å². The van der Waals surface area contributed by atoms with Crippen LogP contribution in [0.1, 0.15) is 26.3 Å². The van der Waals surface area contributed by atoms with Gasteiger partial charge in [0.1, 0.15) is 11.8 Å². The van der Waals surface area contributed by atoms with Gasteiger partial charge >= 0.3 is 5.97 Å². The van der Waals surface area contributed by atoms with Gasteiger partial charge in [-0.25, -0.2) is 4.79 Å². The second kappa shape index (κ2) is 8.09. The van der Waals surface area contributed by atoms with Crippen LogP contribution in [-0.2, 0) is 9.59 Å². The van der Waals surface area contributed by atoms with Crippen molar-refractivity contribution in [2.45, 2.75) is 26.8 Å². The molecule has 21 heavy (non-hydrogen) atoms. The average Bonchev–Trinajstić information content (AvgIpc) is 2.42. The van der Waals surface area contributed by atoms with Crippen LogP contribution >= 0.6 is 0 Å². The Morgan fingerprint density at radius 1 is 1.38 bits per heavy atom. The number of carboxylic acids is 1. The minimum Gasteiger partial charge on any atom is -0.494 e. The van der Waals surface area contributed by atoms with Gasteiger partial charge in [0, 0.05) is 6.08 Å². The Bertz CT molecular complexity index is 523. The van der Waals surface area contributed by atoms with Crippen LogP contribution in [0.4, 0.5) is 0 Å². The number of amides is 1. The van der Waals surface area contributed by atoms with Gasteiger partial charge in [0.25, 0.3) is 0 Å². The van der Waals surface area contributed by atoms with E-state index in [4.69, 9.17) is 9.84 Å². The highest BCUT2D eigenvalue weighted by atomic mass is 16.5. The lowest BCUT2D eigenvalue weighted by molar-refractivity contribution is -0.142. The topological polar surface area (TPSA) is 75.6 Å². The molecule has 0 aliphatic carbocycles. The van der Waals surface area contributed by atoms with E-state index in [9.17, 15) is 9.59 Å². The standard InChI is InChI=1S/C16H21NO4/c1-4-21-13-7-5-6-12(10-13)8-9-14(18)17-15(11(2)3)16(19)20/h5-11,15H,4H2,1-3H3,(H,17,18)(H,19,20)/b9-8+. The summed E-state index contributed by atoms with van der Waals surface area (Å²) >= 11 is 0. The van der Waals surface area contributed by atoms with Gasteiger partial charge in [-0.15, -0.1) is 0 Å². The zero-order chi connectivity index (χ0) is 15.8. The van der Waals surface area contributed by atoms with Crippen molar-refractivity contribution in [1.82, 2.24) is 5.32 Å². The van der Waals surface area contributed by atoms with Crippen molar-refractivity contribution in [2.24, 2.45) is 5.92 Å². The summed E-state index contributed by atoms with van der Waals surface area (Å²) < 4.78 is 5.37. The predicted molar refractivity (Wildman–Crippen MR) is 81.0 cm³/mol. The number of ether oxygens (including phenoxy) is 1. The molecule has 1 unspecified atom stereocenters. The number of rotatable bonds is 7. The quantitative estimate of drug-likeness (QED) is 0.756. The first-order valence-electron chi connectivity index (χ1n) is 6.88. The van der Waals surface area contributed by atoms with Crippen LogP contribution in [0, 0.1) is 5.92 Å². The van der Waals surface area contributed by atoms with E-state index in [1.807, 2.05) is 31.2 Å². The highest BCUT2D eigenvalue weighted by Crippen LogP contribution is 2.14. The summed E-state index contributed by atoms with van der Waals surface area (Å²) in [5.41, 5.74) is 0.813. The molecule has 5 heteroatoms. The number of carboxylic acid groups (broad SMARTS) is 1. The van der Waals surface area contributed by atoms with Gasteiger partial charge in [-0.2, -0.15) is 0 Å². The van der Waals surface area contributed by atoms with Gasteiger partial charge in [-0.1, -0.05) is 26.0 Å². The number of carbonyl (C=O) groups excluding carboxylic acids is 1. The number of nitrogens with one attached hydrogen (secondary N) is 1. The van der Waals surface area contributed by atoms with Gasteiger partial charge in [-0.3, -0.25) is 4.79 Å². The van der Waals surface area contributed by atoms with Crippen molar-refractivity contribution >= 4 is 18.0 Å². The first-order valence-corrected chi connectivity index (χ1v) is 6.88. The Hall–Kier alpha value is -2.30. The highest BCUT2D eigenvalue weighted by molar-refractivity contribution is 5.94. The molecule has 1 aromatic rings. The molecule has 2 N–H and O–H groups in total. The number of aliphatic carboxylic acids is 1. The molecule has 114 valence electrons. The lowest BCUT2D eigenvalue weighted by atomic mass is 10.0. The molecular formula is C16H21NO4. The van der Waals surface area contributed by atoms with Crippen molar-refractivity contribution < 1.29 is 19.4 Å². The van der Waals surface area contributed by atoms with Crippen molar-refractivity contribution in [3.63, 3.8) is 0 Å². The molecule has 1 atom stereocenters. The molecule has 0 saturated carbocycles. The smallest absolute Gasteiger partial charge is 0.326 e. The first-order chi connectivity index (χ1) is 9.93. The van der Waals surface area contributed by atoms with Crippen LogP contribution in [0.25, 0.3) is 6.08 Å². The van der Waals surface area contributed by atoms with Gasteiger partial charge in [0.15, 0.2) is 0 Å². The normalized spacial score (nSPS) is 12.4. The van der Waals surface area contributed by atoms with Crippen LogP contribution in [0.5, 0.6) is 5.75 Å². The Morgan fingerprint density at radius 3 is 2.67 bits per heavy atom. The summed E-state index contributed by atoms with van der Waals surface area (Å²) in [5.74, 6) is -0.921. The largest absolute Gasteiger partial charge is 0.494 e. The van der Waals surface area contributed by atoms with Crippen LogP contribution in [0.15, 0.2) is 30.3 Å². The number of hydrogen-bond donors (Lipinski definition) is 2. The van der Waals surface area contributed by atoms with E-state index in [1.54, 1.807) is 19.9 Å². The monoisotopic (exact) mass is 291 g/mol. The molecule has 0 aliphatic rings. The third-order valence-corrected chi connectivity index (χ3v) is 2.83. The minimum atomic E-state index is -1.04. The van der Waals surface area contributed by atoms with Crippen molar-refractivity contribution in [3.05, 3.63) is 35.9 Å². The van der Waals surface area contributed by atoms with Crippen LogP contribution < -0.4 is 10.1 Å². The van der Waals surface area contributed by atoms with Crippen LogP contribution in [-0.4, -0.2) is 29.6 Å². The molecule has 0 fully saturated rings. The van der Waals surface area contributed by atoms with Crippen LogP contribution in [0.2, 0.25) is 0 Å². The zero-order valence-electron chi connectivity index (χ0n) is 12.5. The SMILES string of the molecule is CCOc1cccc(/C=C/C(=O)NC(C(=O)O)C(C)C)c1. The van der Waals surface area contributed by atoms with E-state index < -0.39 is 17.9 Å². The number of benzene rings is 1. The maximum atomic E-state index is 11.8. The third-order valence-electron chi connectivity index (χ3n) is 2.83. The molecule has 1 rings (SSSR count). The second-order valence-electron chi connectivity index (χ2n) is 4.91. The zero-order valence-corrected chi connectivity index (χ0v) is 12.5. The average molecular weight is 291 g/mol. The molecule has 0 aliphatic heterocycles. The fourth-order valence-electron chi connectivity index (χ4n) is 1.76. The molecule has 1 amide bonds. The van der Waals surface area contributed by atoms with E-state index in [-0.39, 0.29) is 5.92 Å². The van der Waals surface area contributed by atoms with E-state index in [0.717, 1.165) is 11.3 Å². The maximum absolute atomic E-state index is 11.8. The Kier molecular flexibility index (Phi) is 6.46. The Morgan fingerprint density at radius 2 is 2.10 bits per heavy atom. The van der Waals surface area contributed by atoms with E-state index in [2.05, 4.69) is 5.32 Å². The van der Waals surface area contributed by atoms with Gasteiger partial charge in [0.2, 0.25) is 5.91 Å². The van der Waals surface area contributed by atoms with Crippen LogP contribution in [0.3, 0.4) is 0 Å². The molecule has 0 heterocycles. The summed E-state index contributed by atoms with van der Waals surface area (Å²) in [6.07, 6.45) is 2.94. The molecular weight excluding hydrogens is 270 g/mol. The lowest BCUT2D eigenvalue weighted by Gasteiger charge is -2.16. The number of hydrogen-bond acceptors (Lipinski definition) is 3. The summed E-state index contributed by atoms with van der Waals surface area (Å²) in [4.78, 5) is 22.8. The fourth-order valence-corrected chi connectivity index (χ4v) is 1.76. The summed E-state index contributed by atoms with van der Waals surface area (Å²) in [5, 5.41) is 11.5. The summed E-state index contributed by atoms with van der Waals surface area (Å²) in [7, 11) is 0. The first kappa shape index (κ1) is 16.8. The van der Waals surface area contributed by atoms with Crippen molar-refractivity contribution in [1.29, 1.82) is 0 Å². The molecule has 0 spiro atoms. The van der Waals surface area contributed by atoms with Crippen molar-refractivity contribution in [3.8, 4) is 5.75 Å². The highest BCUT2D eigenvalue weighted by Gasteiger charge is 2.22. The maximum Gasteiger partial charge on any atom is 0.326 e. The molecule has 0 radical (unpaired) electrons. The number of carbonyl (C=O) groups is 2. The van der Waals surface area contributed by atoms with E-state index >= 15 is 0 Å². The predicted octanol–water partition coefficient (Wildman–Crippen LogP) is 2.32. The minimum absolute atomic E-state index is 0.180. The fraction of sp³-hybridized carbons (Fsp3) is 0.375. The molecule has 0 bridgehead atoms. The molecule has 0 saturated heterocycles. The summed E-state index contributed by atoms with van der Waals surface area (Å²) in [6.45, 7) is 5.96. The van der Waals surface area contributed by atoms with Gasteiger partial charge in [-0.05, 0) is 36.6 Å². The van der Waals surface area contributed by atoms with E-state index in [0.29, 0.717) is 6.61 Å². The summed E-state index contributed by atoms with van der Waals surface area (Å²) in [6, 6.07) is 6.42. The Balaban J connectivity index is 2.69. The van der Waals surface area contributed by atoms with Gasteiger partial charge in [0.05, 0.1) is 6.61 Å². The van der Waals surface area contributed by atoms with Crippen molar-refractivity contribution in [2.75, 3.05) is 6.61 Å². The van der Waals surface area contributed by atoms with E-state index in [1.165, 1.54) is 6.08 Å². The third kappa shape index (κ3) is 5.69.